The lowest BCUT2D eigenvalue weighted by Gasteiger charge is -2.18. The smallest absolute Gasteiger partial charge is 0.320 e. The van der Waals surface area contributed by atoms with Crippen molar-refractivity contribution in [2.75, 3.05) is 20.1 Å². The lowest BCUT2D eigenvalue weighted by Crippen LogP contribution is -2.29. The van der Waals surface area contributed by atoms with Crippen molar-refractivity contribution < 1.29 is 4.79 Å². The Hall–Kier alpha value is -1.51. The SMILES string of the molecule is CCN1CC(c2ccc(CC(C)C)cc2)N(C)C1=O. The zero-order valence-corrected chi connectivity index (χ0v) is 12.4. The van der Waals surface area contributed by atoms with Gasteiger partial charge in [0.05, 0.1) is 6.04 Å². The standard InChI is InChI=1S/C16H24N2O/c1-5-18-11-15(17(4)16(18)19)14-8-6-13(7-9-14)10-12(2)3/h6-9,12,15H,5,10-11H2,1-4H3. The predicted molar refractivity (Wildman–Crippen MR) is 78.1 cm³/mol. The number of likely N-dealkylation sites (N-methyl/N-ethyl adjacent to an activating group) is 2. The fraction of sp³-hybridized carbons (Fsp3) is 0.562. The van der Waals surface area contributed by atoms with Crippen molar-refractivity contribution >= 4 is 6.03 Å². The maximum atomic E-state index is 12.0. The van der Waals surface area contributed by atoms with E-state index < -0.39 is 0 Å². The van der Waals surface area contributed by atoms with Gasteiger partial charge in [-0.1, -0.05) is 38.1 Å². The van der Waals surface area contributed by atoms with Crippen molar-refractivity contribution in [3.8, 4) is 0 Å². The number of hydrogen-bond acceptors (Lipinski definition) is 1. The molecule has 1 aromatic carbocycles. The van der Waals surface area contributed by atoms with Crippen LogP contribution in [0.1, 0.15) is 37.9 Å². The third-order valence-corrected chi connectivity index (χ3v) is 3.82. The zero-order valence-electron chi connectivity index (χ0n) is 12.4. The molecule has 3 nitrogen and oxygen atoms in total. The van der Waals surface area contributed by atoms with Crippen LogP contribution in [-0.4, -0.2) is 36.0 Å². The number of benzene rings is 1. The summed E-state index contributed by atoms with van der Waals surface area (Å²) in [6, 6.07) is 9.07. The van der Waals surface area contributed by atoms with Gasteiger partial charge in [0.25, 0.3) is 0 Å². The summed E-state index contributed by atoms with van der Waals surface area (Å²) < 4.78 is 0. The van der Waals surface area contributed by atoms with Crippen LogP contribution < -0.4 is 0 Å². The second-order valence-corrected chi connectivity index (χ2v) is 5.79. The van der Waals surface area contributed by atoms with E-state index in [9.17, 15) is 4.79 Å². The average Bonchev–Trinajstić information content (AvgIpc) is 2.66. The van der Waals surface area contributed by atoms with Gasteiger partial charge in [-0.2, -0.15) is 0 Å². The molecular formula is C16H24N2O. The van der Waals surface area contributed by atoms with Gasteiger partial charge in [-0.05, 0) is 30.4 Å². The molecule has 3 heteroatoms. The summed E-state index contributed by atoms with van der Waals surface area (Å²) in [4.78, 5) is 15.7. The van der Waals surface area contributed by atoms with E-state index in [1.54, 1.807) is 0 Å². The first-order valence-electron chi connectivity index (χ1n) is 7.13. The van der Waals surface area contributed by atoms with E-state index in [4.69, 9.17) is 0 Å². The quantitative estimate of drug-likeness (QED) is 0.814. The van der Waals surface area contributed by atoms with E-state index in [2.05, 4.69) is 38.1 Å². The molecule has 19 heavy (non-hydrogen) atoms. The monoisotopic (exact) mass is 260 g/mol. The predicted octanol–water partition coefficient (Wildman–Crippen LogP) is 3.31. The van der Waals surface area contributed by atoms with Crippen molar-refractivity contribution in [2.45, 2.75) is 33.2 Å². The highest BCUT2D eigenvalue weighted by atomic mass is 16.2. The van der Waals surface area contributed by atoms with Gasteiger partial charge in [0.1, 0.15) is 0 Å². The molecule has 1 heterocycles. The van der Waals surface area contributed by atoms with Crippen LogP contribution in [0, 0.1) is 5.92 Å². The largest absolute Gasteiger partial charge is 0.323 e. The molecule has 0 aromatic heterocycles. The van der Waals surface area contributed by atoms with E-state index in [1.807, 2.05) is 23.8 Å². The summed E-state index contributed by atoms with van der Waals surface area (Å²) in [5.74, 6) is 0.678. The Morgan fingerprint density at radius 2 is 1.89 bits per heavy atom. The molecule has 0 bridgehead atoms. The normalized spacial score (nSPS) is 19.6. The minimum absolute atomic E-state index is 0.138. The summed E-state index contributed by atoms with van der Waals surface area (Å²) >= 11 is 0. The number of hydrogen-bond donors (Lipinski definition) is 0. The first-order chi connectivity index (χ1) is 9.02. The molecule has 1 aliphatic heterocycles. The third kappa shape index (κ3) is 2.91. The highest BCUT2D eigenvalue weighted by Crippen LogP contribution is 2.28. The van der Waals surface area contributed by atoms with Gasteiger partial charge in [-0.25, -0.2) is 4.79 Å². The Bertz CT molecular complexity index is 439. The van der Waals surface area contributed by atoms with Crippen LogP contribution in [0.15, 0.2) is 24.3 Å². The van der Waals surface area contributed by atoms with Crippen LogP contribution >= 0.6 is 0 Å². The first kappa shape index (κ1) is 13.9. The number of rotatable bonds is 4. The summed E-state index contributed by atoms with van der Waals surface area (Å²) in [6.45, 7) is 8.08. The molecule has 0 N–H and O–H groups in total. The molecule has 1 atom stereocenters. The Morgan fingerprint density at radius 3 is 2.37 bits per heavy atom. The van der Waals surface area contributed by atoms with Gasteiger partial charge in [0.2, 0.25) is 0 Å². The Kier molecular flexibility index (Phi) is 4.13. The summed E-state index contributed by atoms with van der Waals surface area (Å²) in [5.41, 5.74) is 2.61. The molecule has 2 rings (SSSR count). The highest BCUT2D eigenvalue weighted by molar-refractivity contribution is 5.77. The van der Waals surface area contributed by atoms with Crippen molar-refractivity contribution in [1.29, 1.82) is 0 Å². The molecule has 0 radical (unpaired) electrons. The summed E-state index contributed by atoms with van der Waals surface area (Å²) in [5, 5.41) is 0. The van der Waals surface area contributed by atoms with Crippen LogP contribution in [0.3, 0.4) is 0 Å². The molecule has 0 spiro atoms. The molecule has 1 unspecified atom stereocenters. The second kappa shape index (κ2) is 5.64. The Labute approximate surface area is 116 Å². The second-order valence-electron chi connectivity index (χ2n) is 5.79. The third-order valence-electron chi connectivity index (χ3n) is 3.82. The zero-order chi connectivity index (χ0) is 14.0. The van der Waals surface area contributed by atoms with Crippen molar-refractivity contribution in [3.05, 3.63) is 35.4 Å². The maximum Gasteiger partial charge on any atom is 0.320 e. The van der Waals surface area contributed by atoms with Gasteiger partial charge < -0.3 is 9.80 Å². The molecule has 0 saturated carbocycles. The number of urea groups is 1. The fourth-order valence-corrected chi connectivity index (χ4v) is 2.71. The first-order valence-corrected chi connectivity index (χ1v) is 7.13. The minimum Gasteiger partial charge on any atom is -0.323 e. The molecule has 104 valence electrons. The minimum atomic E-state index is 0.138. The fourth-order valence-electron chi connectivity index (χ4n) is 2.71. The highest BCUT2D eigenvalue weighted by Gasteiger charge is 2.34. The number of nitrogens with zero attached hydrogens (tertiary/aromatic N) is 2. The van der Waals surface area contributed by atoms with E-state index in [-0.39, 0.29) is 12.1 Å². The number of carbonyl (C=O) groups is 1. The molecular weight excluding hydrogens is 236 g/mol. The molecule has 1 saturated heterocycles. The number of amides is 2. The number of carbonyl (C=O) groups excluding carboxylic acids is 1. The van der Waals surface area contributed by atoms with E-state index >= 15 is 0 Å². The molecule has 1 aliphatic rings. The lowest BCUT2D eigenvalue weighted by atomic mass is 9.99. The van der Waals surface area contributed by atoms with Crippen molar-refractivity contribution in [1.82, 2.24) is 9.80 Å². The van der Waals surface area contributed by atoms with Crippen molar-refractivity contribution in [3.63, 3.8) is 0 Å². The topological polar surface area (TPSA) is 23.6 Å². The average molecular weight is 260 g/mol. The Morgan fingerprint density at radius 1 is 1.26 bits per heavy atom. The van der Waals surface area contributed by atoms with Crippen LogP contribution in [0.5, 0.6) is 0 Å². The van der Waals surface area contributed by atoms with Crippen LogP contribution in [0.2, 0.25) is 0 Å². The molecule has 0 aliphatic carbocycles. The van der Waals surface area contributed by atoms with Crippen LogP contribution in [-0.2, 0) is 6.42 Å². The lowest BCUT2D eigenvalue weighted by molar-refractivity contribution is 0.197. The Balaban J connectivity index is 2.12. The molecule has 1 aromatic rings. The van der Waals surface area contributed by atoms with Crippen LogP contribution in [0.4, 0.5) is 4.79 Å². The summed E-state index contributed by atoms with van der Waals surface area (Å²) in [7, 11) is 1.89. The molecule has 2 amide bonds. The van der Waals surface area contributed by atoms with Gasteiger partial charge >= 0.3 is 6.03 Å². The van der Waals surface area contributed by atoms with Gasteiger partial charge in [0, 0.05) is 20.1 Å². The van der Waals surface area contributed by atoms with Gasteiger partial charge in [-0.15, -0.1) is 0 Å². The van der Waals surface area contributed by atoms with E-state index in [0.29, 0.717) is 5.92 Å². The van der Waals surface area contributed by atoms with E-state index in [1.165, 1.54) is 11.1 Å². The van der Waals surface area contributed by atoms with Gasteiger partial charge in [0.15, 0.2) is 0 Å². The van der Waals surface area contributed by atoms with Gasteiger partial charge in [-0.3, -0.25) is 0 Å². The summed E-state index contributed by atoms with van der Waals surface area (Å²) in [6.07, 6.45) is 1.11. The van der Waals surface area contributed by atoms with E-state index in [0.717, 1.165) is 19.5 Å². The van der Waals surface area contributed by atoms with Crippen molar-refractivity contribution in [2.24, 2.45) is 5.92 Å². The maximum absolute atomic E-state index is 12.0. The molecule has 1 fully saturated rings. The van der Waals surface area contributed by atoms with Crippen LogP contribution in [0.25, 0.3) is 0 Å².